The van der Waals surface area contributed by atoms with Gasteiger partial charge in [-0.15, -0.1) is 10.2 Å². The van der Waals surface area contributed by atoms with Crippen LogP contribution in [0.1, 0.15) is 6.92 Å². The topological polar surface area (TPSA) is 88.9 Å². The molecule has 2 amide bonds. The summed E-state index contributed by atoms with van der Waals surface area (Å²) in [6.07, 6.45) is 1.59. The monoisotopic (exact) mass is 291 g/mol. The van der Waals surface area contributed by atoms with E-state index in [0.29, 0.717) is 5.16 Å². The van der Waals surface area contributed by atoms with E-state index in [-0.39, 0.29) is 17.6 Å². The van der Waals surface area contributed by atoms with Crippen molar-refractivity contribution in [2.75, 3.05) is 5.75 Å². The van der Waals surface area contributed by atoms with Crippen LogP contribution in [0, 0.1) is 0 Å². The van der Waals surface area contributed by atoms with Gasteiger partial charge >= 0.3 is 0 Å². The van der Waals surface area contributed by atoms with Gasteiger partial charge in [0.15, 0.2) is 5.16 Å². The van der Waals surface area contributed by atoms with Crippen molar-refractivity contribution in [3.05, 3.63) is 36.7 Å². The minimum Gasteiger partial charge on any atom is -0.277 e. The van der Waals surface area contributed by atoms with Crippen molar-refractivity contribution >= 4 is 23.6 Å². The van der Waals surface area contributed by atoms with Crippen LogP contribution < -0.4 is 10.9 Å². The first-order valence-electron chi connectivity index (χ1n) is 5.80. The van der Waals surface area contributed by atoms with Crippen molar-refractivity contribution in [1.29, 1.82) is 0 Å². The van der Waals surface area contributed by atoms with Crippen LogP contribution in [0.4, 0.5) is 0 Å². The van der Waals surface area contributed by atoms with Crippen molar-refractivity contribution in [2.45, 2.75) is 12.1 Å². The molecule has 0 radical (unpaired) electrons. The normalized spacial score (nSPS) is 10.1. The molecule has 20 heavy (non-hydrogen) atoms. The third kappa shape index (κ3) is 3.82. The molecule has 1 aromatic heterocycles. The number of benzene rings is 1. The van der Waals surface area contributed by atoms with Crippen LogP contribution >= 0.6 is 11.8 Å². The van der Waals surface area contributed by atoms with Crippen molar-refractivity contribution in [1.82, 2.24) is 25.6 Å². The number of carbonyl (C=O) groups excluding carboxylic acids is 2. The van der Waals surface area contributed by atoms with E-state index in [0.717, 1.165) is 5.69 Å². The zero-order valence-electron chi connectivity index (χ0n) is 10.7. The Balaban J connectivity index is 1.96. The van der Waals surface area contributed by atoms with Crippen molar-refractivity contribution in [3.8, 4) is 5.69 Å². The molecule has 104 valence electrons. The summed E-state index contributed by atoms with van der Waals surface area (Å²) in [6, 6.07) is 9.58. The number of nitrogens with zero attached hydrogens (tertiary/aromatic N) is 3. The van der Waals surface area contributed by atoms with Gasteiger partial charge in [-0.25, -0.2) is 0 Å². The summed E-state index contributed by atoms with van der Waals surface area (Å²) in [5.74, 6) is -0.505. The van der Waals surface area contributed by atoms with E-state index >= 15 is 0 Å². The van der Waals surface area contributed by atoms with Gasteiger partial charge in [-0.3, -0.25) is 25.0 Å². The largest absolute Gasteiger partial charge is 0.277 e. The molecule has 0 aliphatic rings. The van der Waals surface area contributed by atoms with Crippen LogP contribution in [0.2, 0.25) is 0 Å². The predicted octanol–water partition coefficient (Wildman–Crippen LogP) is 0.527. The lowest BCUT2D eigenvalue weighted by atomic mass is 10.3. The third-order valence-electron chi connectivity index (χ3n) is 2.26. The number of hydrogen-bond acceptors (Lipinski definition) is 5. The molecule has 1 heterocycles. The SMILES string of the molecule is CC(=O)NNC(=O)CSc1nncn1-c1ccccc1. The lowest BCUT2D eigenvalue weighted by molar-refractivity contribution is -0.126. The van der Waals surface area contributed by atoms with Gasteiger partial charge in [0.1, 0.15) is 6.33 Å². The highest BCUT2D eigenvalue weighted by Crippen LogP contribution is 2.18. The molecule has 0 atom stereocenters. The summed E-state index contributed by atoms with van der Waals surface area (Å²) in [6.45, 7) is 1.32. The maximum Gasteiger partial charge on any atom is 0.248 e. The molecule has 1 aromatic carbocycles. The first-order chi connectivity index (χ1) is 9.66. The third-order valence-corrected chi connectivity index (χ3v) is 3.20. The average Bonchev–Trinajstić information content (AvgIpc) is 2.92. The minimum atomic E-state index is -0.323. The van der Waals surface area contributed by atoms with Crippen molar-refractivity contribution < 1.29 is 9.59 Å². The number of amides is 2. The summed E-state index contributed by atoms with van der Waals surface area (Å²) < 4.78 is 1.79. The second kappa shape index (κ2) is 6.71. The van der Waals surface area contributed by atoms with E-state index in [1.165, 1.54) is 18.7 Å². The minimum absolute atomic E-state index is 0.131. The van der Waals surface area contributed by atoms with Crippen LogP contribution in [-0.2, 0) is 9.59 Å². The van der Waals surface area contributed by atoms with Gasteiger partial charge in [-0.05, 0) is 12.1 Å². The van der Waals surface area contributed by atoms with Gasteiger partial charge in [0.25, 0.3) is 0 Å². The van der Waals surface area contributed by atoms with Crippen LogP contribution in [0.25, 0.3) is 5.69 Å². The molecule has 0 fully saturated rings. The Morgan fingerprint density at radius 1 is 1.25 bits per heavy atom. The van der Waals surface area contributed by atoms with Crippen LogP contribution in [0.3, 0.4) is 0 Å². The zero-order valence-corrected chi connectivity index (χ0v) is 11.6. The molecule has 7 nitrogen and oxygen atoms in total. The summed E-state index contributed by atoms with van der Waals surface area (Å²) >= 11 is 1.23. The molecule has 0 saturated carbocycles. The van der Waals surface area contributed by atoms with E-state index in [1.54, 1.807) is 10.9 Å². The Labute approximate surface area is 119 Å². The lowest BCUT2D eigenvalue weighted by Gasteiger charge is -2.06. The maximum absolute atomic E-state index is 11.5. The smallest absolute Gasteiger partial charge is 0.248 e. The first kappa shape index (κ1) is 14.1. The van der Waals surface area contributed by atoms with E-state index in [4.69, 9.17) is 0 Å². The van der Waals surface area contributed by atoms with Crippen molar-refractivity contribution in [2.24, 2.45) is 0 Å². The van der Waals surface area contributed by atoms with Gasteiger partial charge in [-0.2, -0.15) is 0 Å². The molecule has 8 heteroatoms. The number of hydrogen-bond donors (Lipinski definition) is 2. The zero-order chi connectivity index (χ0) is 14.4. The highest BCUT2D eigenvalue weighted by atomic mass is 32.2. The van der Waals surface area contributed by atoms with E-state index < -0.39 is 0 Å². The van der Waals surface area contributed by atoms with Crippen LogP contribution in [-0.4, -0.2) is 32.3 Å². The average molecular weight is 291 g/mol. The van der Waals surface area contributed by atoms with Gasteiger partial charge in [0.05, 0.1) is 5.75 Å². The highest BCUT2D eigenvalue weighted by molar-refractivity contribution is 7.99. The van der Waals surface area contributed by atoms with E-state index in [1.807, 2.05) is 30.3 Å². The molecule has 2 N–H and O–H groups in total. The fraction of sp³-hybridized carbons (Fsp3) is 0.167. The molecule has 2 aromatic rings. The van der Waals surface area contributed by atoms with Crippen LogP contribution in [0.5, 0.6) is 0 Å². The summed E-state index contributed by atoms with van der Waals surface area (Å²) in [5.41, 5.74) is 5.43. The summed E-state index contributed by atoms with van der Waals surface area (Å²) in [4.78, 5) is 22.1. The van der Waals surface area contributed by atoms with Crippen LogP contribution in [0.15, 0.2) is 41.8 Å². The Kier molecular flexibility index (Phi) is 4.72. The molecule has 0 bridgehead atoms. The van der Waals surface area contributed by atoms with Gasteiger partial charge < -0.3 is 0 Å². The molecular weight excluding hydrogens is 278 g/mol. The number of thioether (sulfide) groups is 1. The molecule has 0 unspecified atom stereocenters. The number of hydrazine groups is 1. The summed E-state index contributed by atoms with van der Waals surface area (Å²) in [5, 5.41) is 8.42. The van der Waals surface area contributed by atoms with E-state index in [2.05, 4.69) is 21.0 Å². The predicted molar refractivity (Wildman–Crippen MR) is 74.0 cm³/mol. The molecular formula is C12H13N5O2S. The summed E-state index contributed by atoms with van der Waals surface area (Å²) in [7, 11) is 0. The van der Waals surface area contributed by atoms with E-state index in [9.17, 15) is 9.59 Å². The number of aromatic nitrogens is 3. The fourth-order valence-corrected chi connectivity index (χ4v) is 2.14. The number of carbonyl (C=O) groups is 2. The quantitative estimate of drug-likeness (QED) is 0.633. The second-order valence-electron chi connectivity index (χ2n) is 3.84. The van der Waals surface area contributed by atoms with Gasteiger partial charge in [0.2, 0.25) is 11.8 Å². The van der Waals surface area contributed by atoms with Gasteiger partial charge in [0, 0.05) is 12.6 Å². The Hall–Kier alpha value is -2.35. The molecule has 0 spiro atoms. The fourth-order valence-electron chi connectivity index (χ4n) is 1.41. The Morgan fingerprint density at radius 3 is 2.70 bits per heavy atom. The first-order valence-corrected chi connectivity index (χ1v) is 6.79. The van der Waals surface area contributed by atoms with Crippen molar-refractivity contribution in [3.63, 3.8) is 0 Å². The number of nitrogens with one attached hydrogen (secondary N) is 2. The number of rotatable bonds is 4. The Morgan fingerprint density at radius 2 is 2.00 bits per heavy atom. The second-order valence-corrected chi connectivity index (χ2v) is 4.78. The standard InChI is InChI=1S/C12H13N5O2S/c1-9(18)14-15-11(19)7-20-12-16-13-8-17(12)10-5-3-2-4-6-10/h2-6,8H,7H2,1H3,(H,14,18)(H,15,19). The molecule has 0 aliphatic heterocycles. The molecule has 2 rings (SSSR count). The number of para-hydroxylation sites is 1. The molecule has 0 saturated heterocycles. The lowest BCUT2D eigenvalue weighted by Crippen LogP contribution is -2.41. The molecule has 0 aliphatic carbocycles. The van der Waals surface area contributed by atoms with Gasteiger partial charge in [-0.1, -0.05) is 30.0 Å². The highest BCUT2D eigenvalue weighted by Gasteiger charge is 2.09. The maximum atomic E-state index is 11.5. The Bertz CT molecular complexity index is 599.